The largest absolute Gasteiger partial charge is 0.409 e. The molecule has 0 saturated carbocycles. The van der Waals surface area contributed by atoms with Crippen LogP contribution in [0.25, 0.3) is 0 Å². The normalized spacial score (nSPS) is 13.4. The van der Waals surface area contributed by atoms with E-state index in [1.807, 2.05) is 13.8 Å². The van der Waals surface area contributed by atoms with Crippen LogP contribution in [0.5, 0.6) is 0 Å². The van der Waals surface area contributed by atoms with Crippen LogP contribution in [-0.4, -0.2) is 32.8 Å². The maximum absolute atomic E-state index is 12.0. The van der Waals surface area contributed by atoms with Crippen LogP contribution >= 0.6 is 0 Å². The minimum atomic E-state index is -0.484. The van der Waals surface area contributed by atoms with Crippen molar-refractivity contribution in [2.45, 2.75) is 32.7 Å². The molecule has 0 saturated heterocycles. The molecule has 0 spiro atoms. The van der Waals surface area contributed by atoms with Gasteiger partial charge in [0, 0.05) is 7.05 Å². The molecule has 0 bridgehead atoms. The highest BCUT2D eigenvalue weighted by molar-refractivity contribution is 5.97. The number of nitrogens with two attached hydrogens (primary N) is 1. The lowest BCUT2D eigenvalue weighted by atomic mass is 10.2. The molecule has 1 rings (SSSR count). The molecule has 0 aliphatic heterocycles. The summed E-state index contributed by atoms with van der Waals surface area (Å²) in [5.41, 5.74) is 6.79. The highest BCUT2D eigenvalue weighted by Crippen LogP contribution is 2.04. The number of amides is 1. The fourth-order valence-electron chi connectivity index (χ4n) is 1.60. The van der Waals surface area contributed by atoms with Crippen molar-refractivity contribution >= 4 is 11.7 Å². The summed E-state index contributed by atoms with van der Waals surface area (Å²) >= 11 is 0. The van der Waals surface area contributed by atoms with E-state index in [2.05, 4.69) is 15.6 Å². The van der Waals surface area contributed by atoms with Crippen molar-refractivity contribution < 1.29 is 10.0 Å². The zero-order valence-corrected chi connectivity index (χ0v) is 10.8. The van der Waals surface area contributed by atoms with E-state index in [1.165, 1.54) is 4.68 Å². The van der Waals surface area contributed by atoms with Crippen LogP contribution in [-0.2, 0) is 13.5 Å². The molecular weight excluding hydrogens is 234 g/mol. The van der Waals surface area contributed by atoms with E-state index in [4.69, 9.17) is 10.9 Å². The van der Waals surface area contributed by atoms with E-state index in [1.54, 1.807) is 13.1 Å². The van der Waals surface area contributed by atoms with Crippen molar-refractivity contribution in [3.63, 3.8) is 0 Å². The number of nitrogens with zero attached hydrogens (tertiary/aromatic N) is 3. The Kier molecular flexibility index (Phi) is 4.70. The molecule has 4 N–H and O–H groups in total. The maximum Gasteiger partial charge on any atom is 0.270 e. The third kappa shape index (κ3) is 2.99. The van der Waals surface area contributed by atoms with Crippen LogP contribution in [0.1, 0.15) is 36.5 Å². The second kappa shape index (κ2) is 6.04. The van der Waals surface area contributed by atoms with Gasteiger partial charge in [0.1, 0.15) is 5.69 Å². The Morgan fingerprint density at radius 1 is 1.67 bits per heavy atom. The summed E-state index contributed by atoms with van der Waals surface area (Å²) in [5.74, 6) is -0.299. The Hall–Kier alpha value is -2.05. The minimum Gasteiger partial charge on any atom is -0.409 e. The van der Waals surface area contributed by atoms with Crippen LogP contribution in [0.3, 0.4) is 0 Å². The van der Waals surface area contributed by atoms with Gasteiger partial charge in [0.05, 0.1) is 11.7 Å². The van der Waals surface area contributed by atoms with Crippen LogP contribution in [0, 0.1) is 0 Å². The summed E-state index contributed by atoms with van der Waals surface area (Å²) in [6, 6.07) is 1.25. The van der Waals surface area contributed by atoms with Gasteiger partial charge in [0.15, 0.2) is 5.84 Å². The first-order valence-electron chi connectivity index (χ1n) is 5.84. The van der Waals surface area contributed by atoms with Crippen molar-refractivity contribution in [1.82, 2.24) is 15.1 Å². The fourth-order valence-corrected chi connectivity index (χ4v) is 1.60. The number of carbonyl (C=O) groups is 1. The second-order valence-corrected chi connectivity index (χ2v) is 3.96. The zero-order chi connectivity index (χ0) is 13.7. The lowest BCUT2D eigenvalue weighted by Crippen LogP contribution is -2.44. The molecule has 0 fully saturated rings. The van der Waals surface area contributed by atoms with E-state index >= 15 is 0 Å². The number of rotatable bonds is 5. The number of aryl methyl sites for hydroxylation is 2. The van der Waals surface area contributed by atoms with Crippen molar-refractivity contribution in [2.24, 2.45) is 17.9 Å². The molecule has 1 amide bonds. The molecule has 1 aromatic heterocycles. The first-order valence-corrected chi connectivity index (χ1v) is 5.84. The summed E-state index contributed by atoms with van der Waals surface area (Å²) in [6.07, 6.45) is 1.30. The van der Waals surface area contributed by atoms with E-state index in [0.717, 1.165) is 12.1 Å². The van der Waals surface area contributed by atoms with Crippen molar-refractivity contribution in [3.8, 4) is 0 Å². The predicted molar refractivity (Wildman–Crippen MR) is 67.5 cm³/mol. The van der Waals surface area contributed by atoms with Gasteiger partial charge in [-0.2, -0.15) is 5.10 Å². The average molecular weight is 253 g/mol. The quantitative estimate of drug-likeness (QED) is 0.302. The standard InChI is InChI=1S/C11H19N5O2/c1-4-7-6-9(16(3)14-7)11(17)13-8(5-2)10(12)15-18/h6,8,18H,4-5H2,1-3H3,(H2,12,15)(H,13,17). The first kappa shape index (κ1) is 14.0. The minimum absolute atomic E-state index is 0.0104. The van der Waals surface area contributed by atoms with Gasteiger partial charge in [-0.05, 0) is 18.9 Å². The molecule has 1 unspecified atom stereocenters. The van der Waals surface area contributed by atoms with Gasteiger partial charge in [-0.25, -0.2) is 0 Å². The number of hydrogen-bond donors (Lipinski definition) is 3. The SMILES string of the molecule is CCc1cc(C(=O)NC(CC)C(N)=NO)n(C)n1. The molecule has 0 radical (unpaired) electrons. The molecule has 100 valence electrons. The van der Waals surface area contributed by atoms with Crippen LogP contribution in [0.4, 0.5) is 0 Å². The summed E-state index contributed by atoms with van der Waals surface area (Å²) in [6.45, 7) is 3.80. The van der Waals surface area contributed by atoms with Gasteiger partial charge in [0.25, 0.3) is 5.91 Å². The van der Waals surface area contributed by atoms with Gasteiger partial charge in [0.2, 0.25) is 0 Å². The van der Waals surface area contributed by atoms with E-state index in [-0.39, 0.29) is 11.7 Å². The fraction of sp³-hybridized carbons (Fsp3) is 0.545. The molecule has 1 heterocycles. The number of oxime groups is 1. The summed E-state index contributed by atoms with van der Waals surface area (Å²) < 4.78 is 1.52. The van der Waals surface area contributed by atoms with Gasteiger partial charge in [-0.15, -0.1) is 0 Å². The predicted octanol–water partition coefficient (Wildman–Crippen LogP) is 0.237. The summed E-state index contributed by atoms with van der Waals surface area (Å²) in [5, 5.41) is 18.4. The maximum atomic E-state index is 12.0. The average Bonchev–Trinajstić information content (AvgIpc) is 2.76. The van der Waals surface area contributed by atoms with Crippen LogP contribution < -0.4 is 11.1 Å². The molecule has 7 heteroatoms. The Bertz CT molecular complexity index is 452. The number of nitrogens with one attached hydrogen (secondary N) is 1. The van der Waals surface area contributed by atoms with Gasteiger partial charge < -0.3 is 16.3 Å². The molecule has 7 nitrogen and oxygen atoms in total. The Morgan fingerprint density at radius 2 is 2.33 bits per heavy atom. The molecule has 1 aromatic rings. The Balaban J connectivity index is 2.84. The third-order valence-corrected chi connectivity index (χ3v) is 2.71. The monoisotopic (exact) mass is 253 g/mol. The smallest absolute Gasteiger partial charge is 0.270 e. The molecule has 0 aliphatic carbocycles. The summed E-state index contributed by atoms with van der Waals surface area (Å²) in [7, 11) is 1.71. The van der Waals surface area contributed by atoms with Crippen molar-refractivity contribution in [2.75, 3.05) is 0 Å². The molecule has 0 aliphatic rings. The Labute approximate surface area is 106 Å². The highest BCUT2D eigenvalue weighted by atomic mass is 16.4. The second-order valence-electron chi connectivity index (χ2n) is 3.96. The Morgan fingerprint density at radius 3 is 2.78 bits per heavy atom. The molecule has 1 atom stereocenters. The topological polar surface area (TPSA) is 106 Å². The van der Waals surface area contributed by atoms with E-state index in [0.29, 0.717) is 12.1 Å². The third-order valence-electron chi connectivity index (χ3n) is 2.71. The van der Waals surface area contributed by atoms with Crippen molar-refractivity contribution in [3.05, 3.63) is 17.5 Å². The summed E-state index contributed by atoms with van der Waals surface area (Å²) in [4.78, 5) is 12.0. The molecular formula is C11H19N5O2. The molecule has 0 aromatic carbocycles. The van der Waals surface area contributed by atoms with Crippen molar-refractivity contribution in [1.29, 1.82) is 0 Å². The number of carbonyl (C=O) groups excluding carboxylic acids is 1. The van der Waals surface area contributed by atoms with Crippen LogP contribution in [0.2, 0.25) is 0 Å². The van der Waals surface area contributed by atoms with E-state index < -0.39 is 6.04 Å². The van der Waals surface area contributed by atoms with Crippen LogP contribution in [0.15, 0.2) is 11.2 Å². The number of aromatic nitrogens is 2. The first-order chi connectivity index (χ1) is 8.53. The van der Waals surface area contributed by atoms with Gasteiger partial charge in [-0.1, -0.05) is 19.0 Å². The van der Waals surface area contributed by atoms with E-state index in [9.17, 15) is 4.79 Å². The lowest BCUT2D eigenvalue weighted by Gasteiger charge is -2.14. The molecule has 18 heavy (non-hydrogen) atoms. The number of amidine groups is 1. The lowest BCUT2D eigenvalue weighted by molar-refractivity contribution is 0.0936. The van der Waals surface area contributed by atoms with Gasteiger partial charge >= 0.3 is 0 Å². The van der Waals surface area contributed by atoms with Gasteiger partial charge in [-0.3, -0.25) is 9.48 Å². The highest BCUT2D eigenvalue weighted by Gasteiger charge is 2.18. The zero-order valence-electron chi connectivity index (χ0n) is 10.8. The number of hydrogen-bond acceptors (Lipinski definition) is 4.